The Hall–Kier alpha value is -2.34. The number of hydrogen-bond acceptors (Lipinski definition) is 3. The summed E-state index contributed by atoms with van der Waals surface area (Å²) >= 11 is 0. The molecular formula is C20H26N2O3S. The molecule has 2 rings (SSSR count). The number of hydrogen-bond donors (Lipinski definition) is 1. The van der Waals surface area contributed by atoms with Gasteiger partial charge in [-0.3, -0.25) is 9.10 Å². The lowest BCUT2D eigenvalue weighted by Gasteiger charge is -2.20. The van der Waals surface area contributed by atoms with Gasteiger partial charge < -0.3 is 5.32 Å². The molecule has 1 atom stereocenters. The maximum Gasteiger partial charge on any atom is 0.251 e. The van der Waals surface area contributed by atoms with Crippen molar-refractivity contribution in [3.63, 3.8) is 0 Å². The quantitative estimate of drug-likeness (QED) is 0.842. The van der Waals surface area contributed by atoms with E-state index in [0.717, 1.165) is 23.8 Å². The fraction of sp³-hybridized carbons (Fsp3) is 0.350. The standard InChI is InChI=1S/C20H26N2O3S/c1-6-16-8-11-17(12-9-16)15(3)21-20(23)18-10-7-14(2)19(13-18)22(4)26(5,24)25/h7-13,15H,6H2,1-5H3,(H,21,23)/t15-/m0/s1. The van der Waals surface area contributed by atoms with Gasteiger partial charge in [-0.1, -0.05) is 37.3 Å². The predicted molar refractivity (Wildman–Crippen MR) is 106 cm³/mol. The second kappa shape index (κ2) is 7.91. The molecule has 0 heterocycles. The van der Waals surface area contributed by atoms with E-state index in [2.05, 4.69) is 24.4 Å². The van der Waals surface area contributed by atoms with E-state index in [1.165, 1.54) is 16.9 Å². The van der Waals surface area contributed by atoms with Crippen LogP contribution in [0.1, 0.15) is 46.9 Å². The molecule has 0 aliphatic heterocycles. The number of benzene rings is 2. The van der Waals surface area contributed by atoms with E-state index in [4.69, 9.17) is 0 Å². The maximum absolute atomic E-state index is 12.6. The first kappa shape index (κ1) is 20.0. The lowest BCUT2D eigenvalue weighted by atomic mass is 10.0. The van der Waals surface area contributed by atoms with Crippen LogP contribution in [0.15, 0.2) is 42.5 Å². The predicted octanol–water partition coefficient (Wildman–Crippen LogP) is 3.44. The summed E-state index contributed by atoms with van der Waals surface area (Å²) in [6, 6.07) is 13.1. The fourth-order valence-electron chi connectivity index (χ4n) is 2.67. The van der Waals surface area contributed by atoms with Crippen molar-refractivity contribution in [2.75, 3.05) is 17.6 Å². The minimum Gasteiger partial charge on any atom is -0.346 e. The van der Waals surface area contributed by atoms with Crippen molar-refractivity contribution in [2.24, 2.45) is 0 Å². The number of carbonyl (C=O) groups excluding carboxylic acids is 1. The van der Waals surface area contributed by atoms with Gasteiger partial charge in [-0.15, -0.1) is 0 Å². The summed E-state index contributed by atoms with van der Waals surface area (Å²) in [5.74, 6) is -0.236. The highest BCUT2D eigenvalue weighted by atomic mass is 32.2. The van der Waals surface area contributed by atoms with Crippen LogP contribution in [-0.4, -0.2) is 27.6 Å². The van der Waals surface area contributed by atoms with E-state index < -0.39 is 10.0 Å². The minimum absolute atomic E-state index is 0.147. The van der Waals surface area contributed by atoms with Crippen LogP contribution in [0.5, 0.6) is 0 Å². The van der Waals surface area contributed by atoms with Gasteiger partial charge in [0.25, 0.3) is 5.91 Å². The van der Waals surface area contributed by atoms with Gasteiger partial charge in [0.05, 0.1) is 18.0 Å². The molecule has 0 aliphatic carbocycles. The van der Waals surface area contributed by atoms with Crippen LogP contribution in [0.2, 0.25) is 0 Å². The molecule has 0 saturated heterocycles. The molecule has 1 amide bonds. The average molecular weight is 375 g/mol. The van der Waals surface area contributed by atoms with Gasteiger partial charge in [0.15, 0.2) is 0 Å². The average Bonchev–Trinajstić information content (AvgIpc) is 2.60. The zero-order chi connectivity index (χ0) is 19.5. The summed E-state index contributed by atoms with van der Waals surface area (Å²) in [6.07, 6.45) is 2.11. The monoisotopic (exact) mass is 374 g/mol. The smallest absolute Gasteiger partial charge is 0.251 e. The Morgan fingerprint density at radius 3 is 2.31 bits per heavy atom. The Kier molecular flexibility index (Phi) is 6.08. The molecule has 0 radical (unpaired) electrons. The highest BCUT2D eigenvalue weighted by Crippen LogP contribution is 2.23. The van der Waals surface area contributed by atoms with Gasteiger partial charge in [0.2, 0.25) is 10.0 Å². The molecule has 0 bridgehead atoms. The van der Waals surface area contributed by atoms with Crippen LogP contribution in [0.25, 0.3) is 0 Å². The van der Waals surface area contributed by atoms with Crippen molar-refractivity contribution < 1.29 is 13.2 Å². The van der Waals surface area contributed by atoms with Crippen LogP contribution in [0.3, 0.4) is 0 Å². The molecule has 0 spiro atoms. The second-order valence-electron chi connectivity index (χ2n) is 6.52. The van der Waals surface area contributed by atoms with Crippen molar-refractivity contribution >= 4 is 21.6 Å². The number of sulfonamides is 1. The van der Waals surface area contributed by atoms with Gasteiger partial charge in [-0.2, -0.15) is 0 Å². The summed E-state index contributed by atoms with van der Waals surface area (Å²) in [6.45, 7) is 5.84. The first-order chi connectivity index (χ1) is 12.1. The molecule has 0 fully saturated rings. The SMILES string of the molecule is CCc1ccc([C@H](C)NC(=O)c2ccc(C)c(N(C)S(C)(=O)=O)c2)cc1. The van der Waals surface area contributed by atoms with E-state index in [1.807, 2.05) is 26.0 Å². The number of anilines is 1. The Labute approximate surface area is 156 Å². The van der Waals surface area contributed by atoms with Crippen molar-refractivity contribution in [1.82, 2.24) is 5.32 Å². The lowest BCUT2D eigenvalue weighted by molar-refractivity contribution is 0.0940. The molecule has 0 aliphatic rings. The molecular weight excluding hydrogens is 348 g/mol. The third-order valence-electron chi connectivity index (χ3n) is 4.54. The molecule has 140 valence electrons. The van der Waals surface area contributed by atoms with Crippen molar-refractivity contribution in [3.05, 3.63) is 64.7 Å². The van der Waals surface area contributed by atoms with Crippen LogP contribution < -0.4 is 9.62 Å². The number of carbonyl (C=O) groups is 1. The van der Waals surface area contributed by atoms with E-state index in [-0.39, 0.29) is 11.9 Å². The Morgan fingerprint density at radius 2 is 1.77 bits per heavy atom. The fourth-order valence-corrected chi connectivity index (χ4v) is 3.23. The molecule has 0 saturated carbocycles. The van der Waals surface area contributed by atoms with Crippen LogP contribution in [-0.2, 0) is 16.4 Å². The number of amides is 1. The van der Waals surface area contributed by atoms with E-state index >= 15 is 0 Å². The van der Waals surface area contributed by atoms with Crippen LogP contribution >= 0.6 is 0 Å². The van der Waals surface area contributed by atoms with Gasteiger partial charge >= 0.3 is 0 Å². The third kappa shape index (κ3) is 4.64. The number of aryl methyl sites for hydroxylation is 2. The molecule has 5 nitrogen and oxygen atoms in total. The Bertz CT molecular complexity index is 890. The van der Waals surface area contributed by atoms with Gasteiger partial charge in [-0.25, -0.2) is 8.42 Å². The first-order valence-corrected chi connectivity index (χ1v) is 10.4. The first-order valence-electron chi connectivity index (χ1n) is 8.57. The summed E-state index contributed by atoms with van der Waals surface area (Å²) in [5.41, 5.74) is 3.99. The molecule has 26 heavy (non-hydrogen) atoms. The van der Waals surface area contributed by atoms with Crippen LogP contribution in [0, 0.1) is 6.92 Å². The van der Waals surface area contributed by atoms with E-state index in [0.29, 0.717) is 11.3 Å². The zero-order valence-corrected chi connectivity index (χ0v) is 16.7. The van der Waals surface area contributed by atoms with Crippen molar-refractivity contribution in [3.8, 4) is 0 Å². The molecule has 2 aromatic carbocycles. The maximum atomic E-state index is 12.6. The van der Waals surface area contributed by atoms with E-state index in [1.54, 1.807) is 18.2 Å². The summed E-state index contributed by atoms with van der Waals surface area (Å²) < 4.78 is 24.8. The Balaban J connectivity index is 2.21. The van der Waals surface area contributed by atoms with Crippen molar-refractivity contribution in [1.29, 1.82) is 0 Å². The topological polar surface area (TPSA) is 66.5 Å². The molecule has 2 aromatic rings. The van der Waals surface area contributed by atoms with E-state index in [9.17, 15) is 13.2 Å². The summed E-state index contributed by atoms with van der Waals surface area (Å²) in [4.78, 5) is 12.6. The van der Waals surface area contributed by atoms with Gasteiger partial charge in [0, 0.05) is 12.6 Å². The molecule has 0 unspecified atom stereocenters. The van der Waals surface area contributed by atoms with Gasteiger partial charge in [0.1, 0.15) is 0 Å². The molecule has 0 aromatic heterocycles. The zero-order valence-electron chi connectivity index (χ0n) is 15.9. The number of nitrogens with one attached hydrogen (secondary N) is 1. The van der Waals surface area contributed by atoms with Crippen LogP contribution in [0.4, 0.5) is 5.69 Å². The second-order valence-corrected chi connectivity index (χ2v) is 8.54. The largest absolute Gasteiger partial charge is 0.346 e. The number of nitrogens with zero attached hydrogens (tertiary/aromatic N) is 1. The third-order valence-corrected chi connectivity index (χ3v) is 5.74. The molecule has 1 N–H and O–H groups in total. The van der Waals surface area contributed by atoms with Gasteiger partial charge in [-0.05, 0) is 49.1 Å². The van der Waals surface area contributed by atoms with Crippen molar-refractivity contribution in [2.45, 2.75) is 33.2 Å². The Morgan fingerprint density at radius 1 is 1.15 bits per heavy atom. The minimum atomic E-state index is -3.39. The summed E-state index contributed by atoms with van der Waals surface area (Å²) in [5, 5.41) is 2.97. The highest BCUT2D eigenvalue weighted by Gasteiger charge is 2.17. The summed E-state index contributed by atoms with van der Waals surface area (Å²) in [7, 11) is -1.91. The normalized spacial score (nSPS) is 12.5. The molecule has 6 heteroatoms. The lowest BCUT2D eigenvalue weighted by Crippen LogP contribution is -2.28. The highest BCUT2D eigenvalue weighted by molar-refractivity contribution is 7.92. The number of rotatable bonds is 6.